The summed E-state index contributed by atoms with van der Waals surface area (Å²) >= 11 is 0. The van der Waals surface area contributed by atoms with Crippen LogP contribution in [-0.4, -0.2) is 52.8 Å². The smallest absolute Gasteiger partial charge is 0.407 e. The lowest BCUT2D eigenvalue weighted by Crippen LogP contribution is -2.55. The summed E-state index contributed by atoms with van der Waals surface area (Å²) in [6, 6.07) is -0.200. The molecule has 134 valence electrons. The van der Waals surface area contributed by atoms with Crippen molar-refractivity contribution in [3.8, 4) is 0 Å². The summed E-state index contributed by atoms with van der Waals surface area (Å²) in [4.78, 5) is 26.0. The molecule has 0 saturated carbocycles. The van der Waals surface area contributed by atoms with Crippen LogP contribution in [0.2, 0.25) is 0 Å². The Balaban J connectivity index is 2.71. The van der Waals surface area contributed by atoms with Gasteiger partial charge in [0.15, 0.2) is 0 Å². The topological polar surface area (TPSA) is 78.9 Å². The summed E-state index contributed by atoms with van der Waals surface area (Å²) in [7, 11) is 0. The van der Waals surface area contributed by atoms with Gasteiger partial charge in [0.2, 0.25) is 5.91 Å². The highest BCUT2D eigenvalue weighted by Crippen LogP contribution is 2.22. The van der Waals surface area contributed by atoms with Crippen molar-refractivity contribution in [2.75, 3.05) is 13.1 Å². The average molecular weight is 328 g/mol. The highest BCUT2D eigenvalue weighted by Gasteiger charge is 2.33. The number of carbonyl (C=O) groups is 2. The fraction of sp³-hybridized carbons (Fsp3) is 0.882. The zero-order valence-electron chi connectivity index (χ0n) is 15.3. The Morgan fingerprint density at radius 3 is 2.35 bits per heavy atom. The van der Waals surface area contributed by atoms with Crippen LogP contribution in [0.15, 0.2) is 0 Å². The lowest BCUT2D eigenvalue weighted by Gasteiger charge is -2.39. The van der Waals surface area contributed by atoms with E-state index in [1.165, 1.54) is 0 Å². The van der Waals surface area contributed by atoms with Crippen LogP contribution in [0.4, 0.5) is 4.79 Å². The van der Waals surface area contributed by atoms with Gasteiger partial charge in [0.25, 0.3) is 0 Å². The number of piperidine rings is 1. The number of rotatable bonds is 4. The number of amides is 2. The highest BCUT2D eigenvalue weighted by atomic mass is 16.6. The fourth-order valence-electron chi connectivity index (χ4n) is 2.75. The summed E-state index contributed by atoms with van der Waals surface area (Å²) in [5, 5.41) is 12.7. The van der Waals surface area contributed by atoms with E-state index >= 15 is 0 Å². The van der Waals surface area contributed by atoms with Crippen molar-refractivity contribution >= 4 is 12.0 Å². The minimum atomic E-state index is -0.560. The maximum Gasteiger partial charge on any atom is 0.407 e. The summed E-state index contributed by atoms with van der Waals surface area (Å²) in [5.74, 6) is 0.313. The van der Waals surface area contributed by atoms with Crippen molar-refractivity contribution in [1.82, 2.24) is 10.2 Å². The third-order valence-corrected chi connectivity index (χ3v) is 3.82. The third kappa shape index (κ3) is 7.20. The molecule has 0 aromatic carbocycles. The van der Waals surface area contributed by atoms with Crippen molar-refractivity contribution in [1.29, 1.82) is 0 Å². The molecular weight excluding hydrogens is 296 g/mol. The molecule has 0 aliphatic carbocycles. The largest absolute Gasteiger partial charge is 0.444 e. The Kier molecular flexibility index (Phi) is 6.86. The Morgan fingerprint density at radius 2 is 1.87 bits per heavy atom. The van der Waals surface area contributed by atoms with Gasteiger partial charge < -0.3 is 20.1 Å². The number of aliphatic hydroxyl groups is 1. The second kappa shape index (κ2) is 7.99. The lowest BCUT2D eigenvalue weighted by molar-refractivity contribution is -0.135. The summed E-state index contributed by atoms with van der Waals surface area (Å²) in [5.41, 5.74) is -0.560. The minimum Gasteiger partial charge on any atom is -0.444 e. The van der Waals surface area contributed by atoms with Gasteiger partial charge in [0.1, 0.15) is 5.60 Å². The van der Waals surface area contributed by atoms with Crippen LogP contribution >= 0.6 is 0 Å². The first-order chi connectivity index (χ1) is 10.5. The highest BCUT2D eigenvalue weighted by molar-refractivity contribution is 5.76. The zero-order valence-corrected chi connectivity index (χ0v) is 15.3. The molecule has 0 radical (unpaired) electrons. The number of hydrogen-bond acceptors (Lipinski definition) is 4. The molecule has 0 bridgehead atoms. The maximum absolute atomic E-state index is 12.3. The molecule has 1 fully saturated rings. The molecule has 1 aliphatic heterocycles. The predicted octanol–water partition coefficient (Wildman–Crippen LogP) is 2.16. The van der Waals surface area contributed by atoms with Crippen LogP contribution in [0.25, 0.3) is 0 Å². The van der Waals surface area contributed by atoms with Gasteiger partial charge in [-0.1, -0.05) is 13.8 Å². The van der Waals surface area contributed by atoms with Gasteiger partial charge in [-0.15, -0.1) is 0 Å². The number of alkyl carbamates (subject to hydrolysis) is 1. The predicted molar refractivity (Wildman–Crippen MR) is 89.0 cm³/mol. The Morgan fingerprint density at radius 1 is 1.26 bits per heavy atom. The van der Waals surface area contributed by atoms with Crippen molar-refractivity contribution in [2.24, 2.45) is 11.8 Å². The molecule has 2 amide bonds. The number of likely N-dealkylation sites (tertiary alicyclic amines) is 1. The molecule has 0 spiro atoms. The first kappa shape index (κ1) is 19.7. The van der Waals surface area contributed by atoms with Crippen LogP contribution in [-0.2, 0) is 9.53 Å². The monoisotopic (exact) mass is 328 g/mol. The summed E-state index contributed by atoms with van der Waals surface area (Å²) in [6.07, 6.45) is 0.117. The zero-order chi connectivity index (χ0) is 17.8. The molecule has 6 heteroatoms. The van der Waals surface area contributed by atoms with Crippen LogP contribution in [0.1, 0.15) is 54.4 Å². The van der Waals surface area contributed by atoms with E-state index in [0.717, 1.165) is 0 Å². The van der Waals surface area contributed by atoms with Gasteiger partial charge in [-0.3, -0.25) is 4.79 Å². The number of nitrogens with one attached hydrogen (secondary N) is 1. The Labute approximate surface area is 139 Å². The van der Waals surface area contributed by atoms with Crippen molar-refractivity contribution in [3.05, 3.63) is 0 Å². The number of hydrogen-bond donors (Lipinski definition) is 2. The Bertz CT molecular complexity index is 415. The van der Waals surface area contributed by atoms with E-state index in [1.807, 2.05) is 34.6 Å². The third-order valence-electron chi connectivity index (χ3n) is 3.82. The molecule has 1 aliphatic rings. The maximum atomic E-state index is 12.3. The van der Waals surface area contributed by atoms with Gasteiger partial charge in [-0.05, 0) is 40.0 Å². The van der Waals surface area contributed by atoms with E-state index in [-0.39, 0.29) is 23.8 Å². The van der Waals surface area contributed by atoms with Crippen LogP contribution in [0, 0.1) is 11.8 Å². The standard InChI is InChI=1S/C17H32N2O4/c1-11(2)7-15(21)19-9-13(12(3)20)8-14(10-19)18-16(22)23-17(4,5)6/h11-14,20H,7-10H2,1-6H3,(H,18,22). The first-order valence-electron chi connectivity index (χ1n) is 8.43. The van der Waals surface area contributed by atoms with Gasteiger partial charge in [-0.2, -0.15) is 0 Å². The number of aliphatic hydroxyl groups excluding tert-OH is 1. The molecule has 1 heterocycles. The van der Waals surface area contributed by atoms with Crippen LogP contribution < -0.4 is 5.32 Å². The molecule has 3 atom stereocenters. The molecule has 23 heavy (non-hydrogen) atoms. The number of nitrogens with zero attached hydrogens (tertiary/aromatic N) is 1. The van der Waals surface area contributed by atoms with Crippen molar-refractivity contribution in [3.63, 3.8) is 0 Å². The second-order valence-electron chi connectivity index (χ2n) is 7.98. The van der Waals surface area contributed by atoms with Gasteiger partial charge >= 0.3 is 6.09 Å². The molecule has 6 nitrogen and oxygen atoms in total. The Hall–Kier alpha value is -1.30. The lowest BCUT2D eigenvalue weighted by atomic mass is 9.90. The van der Waals surface area contributed by atoms with Crippen molar-refractivity contribution < 1.29 is 19.4 Å². The second-order valence-corrected chi connectivity index (χ2v) is 7.98. The first-order valence-corrected chi connectivity index (χ1v) is 8.43. The average Bonchev–Trinajstić information content (AvgIpc) is 2.34. The normalized spacial score (nSPS) is 23.6. The van der Waals surface area contributed by atoms with E-state index in [4.69, 9.17) is 4.74 Å². The minimum absolute atomic E-state index is 0.0419. The molecule has 3 unspecified atom stereocenters. The van der Waals surface area contributed by atoms with Crippen LogP contribution in [0.5, 0.6) is 0 Å². The molecular formula is C17H32N2O4. The van der Waals surface area contributed by atoms with Gasteiger partial charge in [-0.25, -0.2) is 4.79 Å². The number of ether oxygens (including phenoxy) is 1. The van der Waals surface area contributed by atoms with Crippen LogP contribution in [0.3, 0.4) is 0 Å². The molecule has 2 N–H and O–H groups in total. The summed E-state index contributed by atoms with van der Waals surface area (Å²) < 4.78 is 5.28. The van der Waals surface area contributed by atoms with E-state index in [0.29, 0.717) is 25.9 Å². The molecule has 0 aromatic rings. The fourth-order valence-corrected chi connectivity index (χ4v) is 2.75. The van der Waals surface area contributed by atoms with E-state index in [9.17, 15) is 14.7 Å². The SMILES string of the molecule is CC(C)CC(=O)N1CC(NC(=O)OC(C)(C)C)CC(C(C)O)C1. The van der Waals surface area contributed by atoms with E-state index in [2.05, 4.69) is 5.32 Å². The van der Waals surface area contributed by atoms with E-state index in [1.54, 1.807) is 11.8 Å². The van der Waals surface area contributed by atoms with Gasteiger partial charge in [0, 0.05) is 25.4 Å². The quantitative estimate of drug-likeness (QED) is 0.829. The number of carbonyl (C=O) groups excluding carboxylic acids is 2. The van der Waals surface area contributed by atoms with Gasteiger partial charge in [0.05, 0.1) is 12.1 Å². The van der Waals surface area contributed by atoms with Crippen molar-refractivity contribution in [2.45, 2.75) is 72.1 Å². The van der Waals surface area contributed by atoms with E-state index < -0.39 is 17.8 Å². The molecule has 1 saturated heterocycles. The molecule has 0 aromatic heterocycles. The molecule has 1 rings (SSSR count). The summed E-state index contributed by atoms with van der Waals surface area (Å²) in [6.45, 7) is 12.2.